The number of carbonyl (C=O) groups excluding carboxylic acids is 5. The summed E-state index contributed by atoms with van der Waals surface area (Å²) in [5, 5.41) is 15.3. The number of nitro benzene ring substituents is 1. The first kappa shape index (κ1) is 27.8. The van der Waals surface area contributed by atoms with Crippen LogP contribution in [0.25, 0.3) is 0 Å². The van der Waals surface area contributed by atoms with E-state index in [0.29, 0.717) is 0 Å². The molecule has 0 unspecified atom stereocenters. The summed E-state index contributed by atoms with van der Waals surface area (Å²) in [4.78, 5) is 70.0. The van der Waals surface area contributed by atoms with Crippen molar-refractivity contribution in [2.24, 2.45) is 11.5 Å². The lowest BCUT2D eigenvalue weighted by atomic mass is 10.1. The summed E-state index contributed by atoms with van der Waals surface area (Å²) in [6.45, 7) is 4.80. The number of non-ortho nitro benzene ring substituents is 1. The van der Waals surface area contributed by atoms with Gasteiger partial charge in [-0.1, -0.05) is 0 Å². The van der Waals surface area contributed by atoms with Crippen molar-refractivity contribution in [3.05, 3.63) is 34.4 Å². The Morgan fingerprint density at radius 3 is 2.06 bits per heavy atom. The number of nitro groups is 1. The van der Waals surface area contributed by atoms with Gasteiger partial charge in [-0.15, -0.1) is 0 Å². The second kappa shape index (κ2) is 12.1. The molecule has 186 valence electrons. The molecule has 0 heterocycles. The second-order valence-corrected chi connectivity index (χ2v) is 8.11. The molecule has 2 atom stereocenters. The van der Waals surface area contributed by atoms with Gasteiger partial charge in [-0.25, -0.2) is 9.59 Å². The van der Waals surface area contributed by atoms with Crippen LogP contribution in [0.5, 0.6) is 5.75 Å². The fraction of sp³-hybridized carbons (Fsp3) is 0.450. The lowest BCUT2D eigenvalue weighted by Gasteiger charge is -2.24. The lowest BCUT2D eigenvalue weighted by molar-refractivity contribution is -0.384. The minimum absolute atomic E-state index is 0.0866. The highest BCUT2D eigenvalue weighted by Crippen LogP contribution is 2.18. The number of alkyl carbamates (subject to hydrolysis) is 1. The third-order valence-corrected chi connectivity index (χ3v) is 3.96. The number of hydrogen-bond acceptors (Lipinski definition) is 9. The zero-order valence-corrected chi connectivity index (χ0v) is 18.9. The van der Waals surface area contributed by atoms with E-state index in [1.54, 1.807) is 20.8 Å². The van der Waals surface area contributed by atoms with Crippen LogP contribution in [0.15, 0.2) is 24.3 Å². The summed E-state index contributed by atoms with van der Waals surface area (Å²) in [6.07, 6.45) is -2.10. The molecule has 0 saturated carbocycles. The average molecular weight is 481 g/mol. The van der Waals surface area contributed by atoms with Gasteiger partial charge in [-0.3, -0.25) is 24.5 Å². The van der Waals surface area contributed by atoms with Crippen molar-refractivity contribution in [3.63, 3.8) is 0 Å². The standard InChI is InChI=1S/C20H27N5O9/c1-20(2,3)34-19(30)24-13(8-9-15(21)26)17(28)23-14(10-16(22)27)18(29)33-12-6-4-11(5-7-12)25(31)32/h4-7,13-14H,8-10H2,1-3H3,(H2,21,26)(H2,22,27)(H,23,28)(H,24,30)/t13-,14-/m0/s1. The lowest BCUT2D eigenvalue weighted by Crippen LogP contribution is -2.54. The molecule has 14 nitrogen and oxygen atoms in total. The number of amides is 4. The van der Waals surface area contributed by atoms with E-state index < -0.39 is 58.8 Å². The van der Waals surface area contributed by atoms with E-state index in [1.165, 1.54) is 0 Å². The number of benzene rings is 1. The maximum Gasteiger partial charge on any atom is 0.408 e. The Bertz CT molecular complexity index is 941. The van der Waals surface area contributed by atoms with E-state index in [1.807, 2.05) is 0 Å². The number of esters is 1. The van der Waals surface area contributed by atoms with Gasteiger partial charge in [-0.2, -0.15) is 0 Å². The zero-order chi connectivity index (χ0) is 26.1. The summed E-state index contributed by atoms with van der Waals surface area (Å²) in [6, 6.07) is 1.59. The Hall–Kier alpha value is -4.23. The van der Waals surface area contributed by atoms with Crippen molar-refractivity contribution < 1.29 is 38.4 Å². The minimum atomic E-state index is -1.56. The van der Waals surface area contributed by atoms with Crippen LogP contribution in [-0.4, -0.2) is 52.4 Å². The maximum atomic E-state index is 12.8. The van der Waals surface area contributed by atoms with Crippen molar-refractivity contribution in [1.29, 1.82) is 0 Å². The number of nitrogens with one attached hydrogen (secondary N) is 2. The van der Waals surface area contributed by atoms with Gasteiger partial charge in [0.1, 0.15) is 23.4 Å². The fourth-order valence-corrected chi connectivity index (χ4v) is 2.50. The normalized spacial score (nSPS) is 12.6. The number of rotatable bonds is 11. The maximum absolute atomic E-state index is 12.8. The highest BCUT2D eigenvalue weighted by atomic mass is 16.6. The molecule has 1 rings (SSSR count). The van der Waals surface area contributed by atoms with E-state index >= 15 is 0 Å². The predicted molar refractivity (Wildman–Crippen MR) is 116 cm³/mol. The van der Waals surface area contributed by atoms with E-state index in [9.17, 15) is 34.1 Å². The zero-order valence-electron chi connectivity index (χ0n) is 18.9. The molecule has 0 aliphatic rings. The van der Waals surface area contributed by atoms with Gasteiger partial charge in [0, 0.05) is 18.6 Å². The van der Waals surface area contributed by atoms with E-state index in [2.05, 4.69) is 10.6 Å². The first-order valence-corrected chi connectivity index (χ1v) is 10.0. The van der Waals surface area contributed by atoms with Crippen LogP contribution in [0.4, 0.5) is 10.5 Å². The third-order valence-electron chi connectivity index (χ3n) is 3.96. The molecule has 0 bridgehead atoms. The van der Waals surface area contributed by atoms with Crippen LogP contribution < -0.4 is 26.8 Å². The first-order chi connectivity index (χ1) is 15.7. The smallest absolute Gasteiger partial charge is 0.408 e. The minimum Gasteiger partial charge on any atom is -0.444 e. The van der Waals surface area contributed by atoms with Crippen molar-refractivity contribution in [1.82, 2.24) is 10.6 Å². The van der Waals surface area contributed by atoms with Crippen LogP contribution in [0.3, 0.4) is 0 Å². The fourth-order valence-electron chi connectivity index (χ4n) is 2.50. The largest absolute Gasteiger partial charge is 0.444 e. The highest BCUT2D eigenvalue weighted by Gasteiger charge is 2.30. The molecule has 0 aliphatic heterocycles. The quantitative estimate of drug-likeness (QED) is 0.144. The molecular weight excluding hydrogens is 454 g/mol. The van der Waals surface area contributed by atoms with Crippen molar-refractivity contribution in [2.45, 2.75) is 57.7 Å². The molecule has 0 spiro atoms. The van der Waals surface area contributed by atoms with Gasteiger partial charge >= 0.3 is 12.1 Å². The number of primary amides is 2. The summed E-state index contributed by atoms with van der Waals surface area (Å²) < 4.78 is 10.2. The first-order valence-electron chi connectivity index (χ1n) is 10.0. The summed E-state index contributed by atoms with van der Waals surface area (Å²) >= 11 is 0. The molecule has 1 aromatic carbocycles. The Kier molecular flexibility index (Phi) is 9.92. The monoisotopic (exact) mass is 481 g/mol. The van der Waals surface area contributed by atoms with Gasteiger partial charge in [0.25, 0.3) is 5.69 Å². The van der Waals surface area contributed by atoms with Crippen LogP contribution in [0.1, 0.15) is 40.0 Å². The number of carbonyl (C=O) groups is 5. The molecule has 14 heteroatoms. The average Bonchev–Trinajstić information content (AvgIpc) is 2.69. The number of nitrogens with zero attached hydrogens (tertiary/aromatic N) is 1. The van der Waals surface area contributed by atoms with Gasteiger partial charge in [0.2, 0.25) is 17.7 Å². The summed E-state index contributed by atoms with van der Waals surface area (Å²) in [5.41, 5.74) is 9.15. The number of hydrogen-bond donors (Lipinski definition) is 4. The number of ether oxygens (including phenoxy) is 2. The van der Waals surface area contributed by atoms with Crippen LogP contribution >= 0.6 is 0 Å². The SMILES string of the molecule is CC(C)(C)OC(=O)N[C@@H](CCC(N)=O)C(=O)N[C@@H](CC(N)=O)C(=O)Oc1ccc([N+](=O)[O-])cc1. The Morgan fingerprint density at radius 2 is 1.59 bits per heavy atom. The Labute approximate surface area is 194 Å². The molecule has 6 N–H and O–H groups in total. The van der Waals surface area contributed by atoms with Crippen molar-refractivity contribution in [2.75, 3.05) is 0 Å². The van der Waals surface area contributed by atoms with Crippen LogP contribution in [0, 0.1) is 10.1 Å². The van der Waals surface area contributed by atoms with Crippen molar-refractivity contribution in [3.8, 4) is 5.75 Å². The number of nitrogens with two attached hydrogens (primary N) is 2. The molecule has 0 radical (unpaired) electrons. The van der Waals surface area contributed by atoms with E-state index in [-0.39, 0.29) is 24.3 Å². The summed E-state index contributed by atoms with van der Waals surface area (Å²) in [5.74, 6) is -3.79. The van der Waals surface area contributed by atoms with Gasteiger partial charge in [0.05, 0.1) is 11.3 Å². The topological polar surface area (TPSA) is 223 Å². The molecule has 0 fully saturated rings. The highest BCUT2D eigenvalue weighted by molar-refractivity contribution is 5.93. The Balaban J connectivity index is 2.98. The van der Waals surface area contributed by atoms with Gasteiger partial charge in [-0.05, 0) is 39.3 Å². The molecule has 0 saturated heterocycles. The van der Waals surface area contributed by atoms with Crippen molar-refractivity contribution >= 4 is 35.5 Å². The molecule has 34 heavy (non-hydrogen) atoms. The molecule has 1 aromatic rings. The Morgan fingerprint density at radius 1 is 1.00 bits per heavy atom. The van der Waals surface area contributed by atoms with E-state index in [0.717, 1.165) is 24.3 Å². The van der Waals surface area contributed by atoms with Gasteiger partial charge < -0.3 is 31.6 Å². The van der Waals surface area contributed by atoms with Gasteiger partial charge in [0.15, 0.2) is 0 Å². The molecular formula is C20H27N5O9. The van der Waals surface area contributed by atoms with E-state index in [4.69, 9.17) is 20.9 Å². The second-order valence-electron chi connectivity index (χ2n) is 8.11. The molecule has 0 aromatic heterocycles. The third kappa shape index (κ3) is 10.4. The predicted octanol–water partition coefficient (Wildman–Crippen LogP) is 0.0192. The van der Waals surface area contributed by atoms with Crippen LogP contribution in [0.2, 0.25) is 0 Å². The summed E-state index contributed by atoms with van der Waals surface area (Å²) in [7, 11) is 0. The molecule has 4 amide bonds. The van der Waals surface area contributed by atoms with Crippen LogP contribution in [-0.2, 0) is 23.9 Å². The molecule has 0 aliphatic carbocycles.